The third-order valence-corrected chi connectivity index (χ3v) is 3.84. The molecule has 0 aliphatic carbocycles. The van der Waals surface area contributed by atoms with Crippen LogP contribution in [-0.2, 0) is 11.2 Å². The van der Waals surface area contributed by atoms with E-state index in [1.807, 2.05) is 11.0 Å². The van der Waals surface area contributed by atoms with E-state index in [0.717, 1.165) is 32.6 Å². The van der Waals surface area contributed by atoms with Crippen molar-refractivity contribution >= 4 is 5.91 Å². The zero-order valence-electron chi connectivity index (χ0n) is 12.5. The molecule has 1 heterocycles. The van der Waals surface area contributed by atoms with E-state index in [0.29, 0.717) is 12.6 Å². The standard InChI is InChI=1S/C16H25N3O/c1-14(12-15-6-4-3-5-7-15)17-13-16(20)19-10-8-18(2)9-11-19/h3-7,14,17H,8-13H2,1-2H3/t14-/m1/s1. The quantitative estimate of drug-likeness (QED) is 0.870. The van der Waals surface area contributed by atoms with Crippen molar-refractivity contribution in [3.63, 3.8) is 0 Å². The lowest BCUT2D eigenvalue weighted by Gasteiger charge is -2.32. The number of benzene rings is 1. The second kappa shape index (κ2) is 7.41. The fourth-order valence-corrected chi connectivity index (χ4v) is 2.47. The van der Waals surface area contributed by atoms with Crippen LogP contribution in [-0.4, -0.2) is 61.5 Å². The Labute approximate surface area is 121 Å². The highest BCUT2D eigenvalue weighted by molar-refractivity contribution is 5.78. The van der Waals surface area contributed by atoms with E-state index < -0.39 is 0 Å². The van der Waals surface area contributed by atoms with Gasteiger partial charge in [-0.2, -0.15) is 0 Å². The van der Waals surface area contributed by atoms with Gasteiger partial charge in [0.25, 0.3) is 0 Å². The molecule has 1 aliphatic rings. The zero-order chi connectivity index (χ0) is 14.4. The first-order chi connectivity index (χ1) is 9.65. The first-order valence-corrected chi connectivity index (χ1v) is 7.39. The van der Waals surface area contributed by atoms with Gasteiger partial charge < -0.3 is 15.1 Å². The summed E-state index contributed by atoms with van der Waals surface area (Å²) >= 11 is 0. The van der Waals surface area contributed by atoms with Crippen LogP contribution in [0.3, 0.4) is 0 Å². The number of piperazine rings is 1. The molecule has 1 amide bonds. The van der Waals surface area contributed by atoms with Gasteiger partial charge in [0.15, 0.2) is 0 Å². The number of nitrogens with zero attached hydrogens (tertiary/aromatic N) is 2. The van der Waals surface area contributed by atoms with E-state index in [4.69, 9.17) is 0 Å². The van der Waals surface area contributed by atoms with Crippen molar-refractivity contribution in [2.24, 2.45) is 0 Å². The Kier molecular flexibility index (Phi) is 5.56. The Hall–Kier alpha value is -1.39. The maximum absolute atomic E-state index is 12.1. The molecule has 0 bridgehead atoms. The Balaban J connectivity index is 1.70. The molecule has 1 fully saturated rings. The highest BCUT2D eigenvalue weighted by atomic mass is 16.2. The Morgan fingerprint density at radius 1 is 1.20 bits per heavy atom. The molecule has 0 radical (unpaired) electrons. The number of nitrogens with one attached hydrogen (secondary N) is 1. The second-order valence-electron chi connectivity index (χ2n) is 5.66. The monoisotopic (exact) mass is 275 g/mol. The van der Waals surface area contributed by atoms with Crippen molar-refractivity contribution in [3.05, 3.63) is 35.9 Å². The molecule has 0 aromatic heterocycles. The summed E-state index contributed by atoms with van der Waals surface area (Å²) in [6.07, 6.45) is 0.955. The van der Waals surface area contributed by atoms with Crippen molar-refractivity contribution in [3.8, 4) is 0 Å². The average molecular weight is 275 g/mol. The highest BCUT2D eigenvalue weighted by Gasteiger charge is 2.18. The average Bonchev–Trinajstić information content (AvgIpc) is 2.46. The van der Waals surface area contributed by atoms with Gasteiger partial charge in [0.05, 0.1) is 6.54 Å². The number of rotatable bonds is 5. The van der Waals surface area contributed by atoms with E-state index >= 15 is 0 Å². The molecule has 4 heteroatoms. The minimum Gasteiger partial charge on any atom is -0.339 e. The topological polar surface area (TPSA) is 35.6 Å². The van der Waals surface area contributed by atoms with Crippen LogP contribution in [0.2, 0.25) is 0 Å². The Morgan fingerprint density at radius 2 is 1.85 bits per heavy atom. The molecular weight excluding hydrogens is 250 g/mol. The minimum absolute atomic E-state index is 0.220. The number of likely N-dealkylation sites (N-methyl/N-ethyl adjacent to an activating group) is 1. The molecular formula is C16H25N3O. The summed E-state index contributed by atoms with van der Waals surface area (Å²) in [6.45, 7) is 6.23. The summed E-state index contributed by atoms with van der Waals surface area (Å²) in [6, 6.07) is 10.7. The number of carbonyl (C=O) groups excluding carboxylic acids is 1. The molecule has 1 aromatic rings. The van der Waals surface area contributed by atoms with Gasteiger partial charge in [0.1, 0.15) is 0 Å². The van der Waals surface area contributed by atoms with Gasteiger partial charge in [-0.1, -0.05) is 30.3 Å². The molecule has 1 aromatic carbocycles. The lowest BCUT2D eigenvalue weighted by molar-refractivity contribution is -0.131. The lowest BCUT2D eigenvalue weighted by atomic mass is 10.1. The van der Waals surface area contributed by atoms with E-state index in [1.165, 1.54) is 5.56 Å². The molecule has 110 valence electrons. The first-order valence-electron chi connectivity index (χ1n) is 7.39. The summed E-state index contributed by atoms with van der Waals surface area (Å²) in [5, 5.41) is 3.33. The van der Waals surface area contributed by atoms with Crippen LogP contribution in [0, 0.1) is 0 Å². The number of hydrogen-bond donors (Lipinski definition) is 1. The van der Waals surface area contributed by atoms with Crippen molar-refractivity contribution in [2.45, 2.75) is 19.4 Å². The van der Waals surface area contributed by atoms with Gasteiger partial charge in [-0.05, 0) is 26.0 Å². The van der Waals surface area contributed by atoms with Crippen molar-refractivity contribution in [1.29, 1.82) is 0 Å². The van der Waals surface area contributed by atoms with Crippen LogP contribution >= 0.6 is 0 Å². The van der Waals surface area contributed by atoms with Crippen LogP contribution in [0.15, 0.2) is 30.3 Å². The van der Waals surface area contributed by atoms with E-state index in [9.17, 15) is 4.79 Å². The van der Waals surface area contributed by atoms with Gasteiger partial charge in [-0.3, -0.25) is 4.79 Å². The van der Waals surface area contributed by atoms with Gasteiger partial charge in [0.2, 0.25) is 5.91 Å². The van der Waals surface area contributed by atoms with Crippen molar-refractivity contribution in [1.82, 2.24) is 15.1 Å². The molecule has 1 N–H and O–H groups in total. The lowest BCUT2D eigenvalue weighted by Crippen LogP contribution is -2.50. The normalized spacial score (nSPS) is 18.0. The Morgan fingerprint density at radius 3 is 2.50 bits per heavy atom. The van der Waals surface area contributed by atoms with E-state index in [1.54, 1.807) is 0 Å². The Bertz CT molecular complexity index is 413. The molecule has 0 unspecified atom stereocenters. The third kappa shape index (κ3) is 4.62. The number of hydrogen-bond acceptors (Lipinski definition) is 3. The molecule has 1 atom stereocenters. The van der Waals surface area contributed by atoms with Crippen molar-refractivity contribution < 1.29 is 4.79 Å². The maximum atomic E-state index is 12.1. The van der Waals surface area contributed by atoms with Gasteiger partial charge in [-0.15, -0.1) is 0 Å². The first kappa shape index (κ1) is 15.0. The largest absolute Gasteiger partial charge is 0.339 e. The van der Waals surface area contributed by atoms with Crippen LogP contribution in [0.5, 0.6) is 0 Å². The van der Waals surface area contributed by atoms with Crippen LogP contribution in [0.1, 0.15) is 12.5 Å². The van der Waals surface area contributed by atoms with Crippen molar-refractivity contribution in [2.75, 3.05) is 39.8 Å². The van der Waals surface area contributed by atoms with Gasteiger partial charge in [0, 0.05) is 32.2 Å². The van der Waals surface area contributed by atoms with Gasteiger partial charge >= 0.3 is 0 Å². The smallest absolute Gasteiger partial charge is 0.236 e. The second-order valence-corrected chi connectivity index (χ2v) is 5.66. The fraction of sp³-hybridized carbons (Fsp3) is 0.562. The van der Waals surface area contributed by atoms with Gasteiger partial charge in [-0.25, -0.2) is 0 Å². The van der Waals surface area contributed by atoms with E-state index in [2.05, 4.69) is 48.5 Å². The molecule has 0 spiro atoms. The SMILES string of the molecule is C[C@H](Cc1ccccc1)NCC(=O)N1CCN(C)CC1. The van der Waals surface area contributed by atoms with E-state index in [-0.39, 0.29) is 5.91 Å². The molecule has 20 heavy (non-hydrogen) atoms. The molecule has 1 aliphatic heterocycles. The minimum atomic E-state index is 0.220. The third-order valence-electron chi connectivity index (χ3n) is 3.84. The van der Waals surface area contributed by atoms with Crippen LogP contribution < -0.4 is 5.32 Å². The summed E-state index contributed by atoms with van der Waals surface area (Å²) in [5.74, 6) is 0.220. The van der Waals surface area contributed by atoms with Crippen LogP contribution in [0.4, 0.5) is 0 Å². The summed E-state index contributed by atoms with van der Waals surface area (Å²) in [5.41, 5.74) is 1.31. The predicted octanol–water partition coefficient (Wildman–Crippen LogP) is 0.981. The summed E-state index contributed by atoms with van der Waals surface area (Å²) in [7, 11) is 2.10. The molecule has 1 saturated heterocycles. The predicted molar refractivity (Wildman–Crippen MR) is 81.7 cm³/mol. The summed E-state index contributed by atoms with van der Waals surface area (Å²) < 4.78 is 0. The molecule has 4 nitrogen and oxygen atoms in total. The number of amides is 1. The fourth-order valence-electron chi connectivity index (χ4n) is 2.47. The molecule has 2 rings (SSSR count). The summed E-state index contributed by atoms with van der Waals surface area (Å²) in [4.78, 5) is 16.3. The number of carbonyl (C=O) groups is 1. The highest BCUT2D eigenvalue weighted by Crippen LogP contribution is 2.03. The molecule has 0 saturated carbocycles. The maximum Gasteiger partial charge on any atom is 0.236 e. The van der Waals surface area contributed by atoms with Crippen LogP contribution in [0.25, 0.3) is 0 Å². The zero-order valence-corrected chi connectivity index (χ0v) is 12.5.